The number of nitrogens with zero attached hydrogens (tertiary/aromatic N) is 1. The van der Waals surface area contributed by atoms with Crippen LogP contribution in [-0.4, -0.2) is 34.9 Å². The number of rotatable bonds is 7. The van der Waals surface area contributed by atoms with Gasteiger partial charge in [0.05, 0.1) is 9.38 Å². The van der Waals surface area contributed by atoms with Crippen molar-refractivity contribution in [2.45, 2.75) is 44.1 Å². The molecule has 1 unspecified atom stereocenters. The zero-order valence-corrected chi connectivity index (χ0v) is 20.9. The van der Waals surface area contributed by atoms with Gasteiger partial charge in [0.1, 0.15) is 5.75 Å². The highest BCUT2D eigenvalue weighted by molar-refractivity contribution is 9.10. The number of para-hydroxylation sites is 1. The number of hydrogen-bond acceptors (Lipinski definition) is 5. The Labute approximate surface area is 207 Å². The number of nitrogens with one attached hydrogen (secondary N) is 1. The Hall–Kier alpha value is -2.45. The molecule has 174 valence electrons. The summed E-state index contributed by atoms with van der Waals surface area (Å²) >= 11 is 5.03. The molecule has 2 aliphatic rings. The third kappa shape index (κ3) is 5.73. The van der Waals surface area contributed by atoms with Crippen LogP contribution in [0.2, 0.25) is 0 Å². The summed E-state index contributed by atoms with van der Waals surface area (Å²) in [4.78, 5) is 27.3. The third-order valence-corrected chi connectivity index (χ3v) is 7.78. The molecule has 33 heavy (non-hydrogen) atoms. The quantitative estimate of drug-likeness (QED) is 0.481. The van der Waals surface area contributed by atoms with Gasteiger partial charge in [0, 0.05) is 11.7 Å². The monoisotopic (exact) mass is 529 g/mol. The van der Waals surface area contributed by atoms with Gasteiger partial charge < -0.3 is 20.7 Å². The zero-order valence-electron chi connectivity index (χ0n) is 18.5. The number of anilines is 1. The van der Waals surface area contributed by atoms with Gasteiger partial charge in [-0.1, -0.05) is 55.8 Å². The number of benzene rings is 2. The van der Waals surface area contributed by atoms with E-state index in [1.54, 1.807) is 17.8 Å². The van der Waals surface area contributed by atoms with Gasteiger partial charge in [-0.25, -0.2) is 0 Å². The van der Waals surface area contributed by atoms with Crippen LogP contribution in [0.3, 0.4) is 0 Å². The highest BCUT2D eigenvalue weighted by Gasteiger charge is 2.42. The minimum atomic E-state index is -0.532. The predicted octanol–water partition coefficient (Wildman–Crippen LogP) is 5.20. The van der Waals surface area contributed by atoms with E-state index in [0.717, 1.165) is 30.5 Å². The summed E-state index contributed by atoms with van der Waals surface area (Å²) in [6.07, 6.45) is 6.48. The summed E-state index contributed by atoms with van der Waals surface area (Å²) in [7, 11) is 0. The lowest BCUT2D eigenvalue weighted by Gasteiger charge is -2.39. The number of carbonyl (C=O) groups excluding carboxylic acids is 2. The average molecular weight is 530 g/mol. The SMILES string of the molecule is C[C@H]1CCCC[C@@H]1N1C(=O)/C(=C/c2ccc(OCC(N)=O)c(Br)c2)SC1Nc1ccccc1. The second-order valence-corrected chi connectivity index (χ2v) is 10.5. The summed E-state index contributed by atoms with van der Waals surface area (Å²) in [5.41, 5.74) is 6.88. The standard InChI is InChI=1S/C25H28BrN3O3S/c1-16-7-5-6-10-20(16)29-24(31)22(33-25(29)28-18-8-3-2-4-9-18)14-17-11-12-21(19(26)13-17)32-15-23(27)30/h2-4,8-9,11-14,16,20,25,28H,5-7,10,15H2,1H3,(H2,27,30)/b22-14-/t16-,20-,25?/m0/s1. The van der Waals surface area contributed by atoms with Crippen LogP contribution >= 0.6 is 27.7 Å². The molecule has 1 aliphatic carbocycles. The van der Waals surface area contributed by atoms with E-state index in [1.807, 2.05) is 53.4 Å². The molecule has 2 fully saturated rings. The Morgan fingerprint density at radius 2 is 2.00 bits per heavy atom. The Kier molecular flexibility index (Phi) is 7.65. The van der Waals surface area contributed by atoms with Crippen LogP contribution in [0.5, 0.6) is 5.75 Å². The first kappa shape index (κ1) is 23.7. The molecule has 6 nitrogen and oxygen atoms in total. The number of primary amides is 1. The average Bonchev–Trinajstić information content (AvgIpc) is 3.08. The van der Waals surface area contributed by atoms with Crippen molar-refractivity contribution in [3.63, 3.8) is 0 Å². The highest BCUT2D eigenvalue weighted by atomic mass is 79.9. The van der Waals surface area contributed by atoms with Gasteiger partial charge in [0.2, 0.25) is 0 Å². The molecule has 2 amide bonds. The molecular weight excluding hydrogens is 502 g/mol. The first-order valence-electron chi connectivity index (χ1n) is 11.2. The van der Waals surface area contributed by atoms with E-state index in [4.69, 9.17) is 10.5 Å². The topological polar surface area (TPSA) is 84.7 Å². The Morgan fingerprint density at radius 1 is 1.24 bits per heavy atom. The zero-order chi connectivity index (χ0) is 23.4. The lowest BCUT2D eigenvalue weighted by molar-refractivity contribution is -0.129. The van der Waals surface area contributed by atoms with Gasteiger partial charge in [0.25, 0.3) is 11.8 Å². The molecule has 3 atom stereocenters. The number of carbonyl (C=O) groups is 2. The van der Waals surface area contributed by atoms with Crippen LogP contribution in [0.25, 0.3) is 6.08 Å². The molecule has 1 saturated heterocycles. The molecule has 0 aromatic heterocycles. The van der Waals surface area contributed by atoms with Crippen LogP contribution < -0.4 is 15.8 Å². The molecule has 1 heterocycles. The van der Waals surface area contributed by atoms with Gasteiger partial charge in [-0.05, 0) is 70.6 Å². The minimum absolute atomic E-state index is 0.0670. The van der Waals surface area contributed by atoms with Gasteiger partial charge in [-0.15, -0.1) is 0 Å². The van der Waals surface area contributed by atoms with Crippen molar-refractivity contribution in [1.82, 2.24) is 4.90 Å². The summed E-state index contributed by atoms with van der Waals surface area (Å²) in [6.45, 7) is 2.07. The minimum Gasteiger partial charge on any atom is -0.483 e. The first-order valence-corrected chi connectivity index (χ1v) is 12.8. The van der Waals surface area contributed by atoms with E-state index in [2.05, 4.69) is 28.2 Å². The fraction of sp³-hybridized carbons (Fsp3) is 0.360. The summed E-state index contributed by atoms with van der Waals surface area (Å²) in [5.74, 6) is 0.536. The van der Waals surface area contributed by atoms with Crippen molar-refractivity contribution in [2.24, 2.45) is 11.7 Å². The smallest absolute Gasteiger partial charge is 0.262 e. The Bertz CT molecular complexity index is 1050. The van der Waals surface area contributed by atoms with Gasteiger partial charge in [-0.2, -0.15) is 0 Å². The van der Waals surface area contributed by atoms with E-state index in [9.17, 15) is 9.59 Å². The Balaban J connectivity index is 1.59. The van der Waals surface area contributed by atoms with Crippen molar-refractivity contribution in [1.29, 1.82) is 0 Å². The lowest BCUT2D eigenvalue weighted by atomic mass is 9.85. The number of nitrogens with two attached hydrogens (primary N) is 1. The molecule has 1 aliphatic heterocycles. The molecule has 3 N–H and O–H groups in total. The van der Waals surface area contributed by atoms with Crippen molar-refractivity contribution < 1.29 is 14.3 Å². The van der Waals surface area contributed by atoms with Crippen molar-refractivity contribution in [2.75, 3.05) is 11.9 Å². The maximum absolute atomic E-state index is 13.6. The second kappa shape index (κ2) is 10.7. The fourth-order valence-corrected chi connectivity index (χ4v) is 6.11. The van der Waals surface area contributed by atoms with Crippen LogP contribution in [-0.2, 0) is 9.59 Å². The molecular formula is C25H28BrN3O3S. The predicted molar refractivity (Wildman–Crippen MR) is 137 cm³/mol. The van der Waals surface area contributed by atoms with Gasteiger partial charge in [0.15, 0.2) is 12.1 Å². The van der Waals surface area contributed by atoms with Gasteiger partial charge in [-0.3, -0.25) is 9.59 Å². The molecule has 8 heteroatoms. The van der Waals surface area contributed by atoms with Crippen molar-refractivity contribution in [3.05, 3.63) is 63.5 Å². The van der Waals surface area contributed by atoms with E-state index in [1.165, 1.54) is 6.42 Å². The number of thioether (sulfide) groups is 1. The summed E-state index contributed by atoms with van der Waals surface area (Å²) in [5, 5.41) is 3.56. The molecule has 2 aromatic rings. The first-order chi connectivity index (χ1) is 15.9. The van der Waals surface area contributed by atoms with Crippen molar-refractivity contribution >= 4 is 51.3 Å². The number of amides is 2. The van der Waals surface area contributed by atoms with E-state index < -0.39 is 5.91 Å². The highest BCUT2D eigenvalue weighted by Crippen LogP contribution is 2.42. The third-order valence-electron chi connectivity index (χ3n) is 6.05. The van der Waals surface area contributed by atoms with Crippen LogP contribution in [0.15, 0.2) is 57.9 Å². The summed E-state index contributed by atoms with van der Waals surface area (Å²) < 4.78 is 6.10. The molecule has 0 spiro atoms. The molecule has 1 saturated carbocycles. The second-order valence-electron chi connectivity index (χ2n) is 8.48. The number of hydrogen-bond donors (Lipinski definition) is 2. The summed E-state index contributed by atoms with van der Waals surface area (Å²) in [6, 6.07) is 15.8. The molecule has 2 aromatic carbocycles. The molecule has 0 radical (unpaired) electrons. The number of halogens is 1. The van der Waals surface area contributed by atoms with Crippen LogP contribution in [0.1, 0.15) is 38.2 Å². The fourth-order valence-electron chi connectivity index (χ4n) is 4.39. The van der Waals surface area contributed by atoms with Crippen molar-refractivity contribution in [3.8, 4) is 5.75 Å². The van der Waals surface area contributed by atoms with E-state index in [0.29, 0.717) is 21.0 Å². The lowest BCUT2D eigenvalue weighted by Crippen LogP contribution is -2.48. The van der Waals surface area contributed by atoms with Crippen LogP contribution in [0.4, 0.5) is 5.69 Å². The van der Waals surface area contributed by atoms with E-state index >= 15 is 0 Å². The van der Waals surface area contributed by atoms with Crippen LogP contribution in [0, 0.1) is 5.92 Å². The number of ether oxygens (including phenoxy) is 1. The Morgan fingerprint density at radius 3 is 2.70 bits per heavy atom. The van der Waals surface area contributed by atoms with Gasteiger partial charge >= 0.3 is 0 Å². The largest absolute Gasteiger partial charge is 0.483 e. The molecule has 0 bridgehead atoms. The maximum atomic E-state index is 13.6. The normalized spacial score (nSPS) is 24.2. The molecule has 4 rings (SSSR count). The van der Waals surface area contributed by atoms with E-state index in [-0.39, 0.29) is 24.1 Å². The maximum Gasteiger partial charge on any atom is 0.262 e.